The van der Waals surface area contributed by atoms with E-state index in [2.05, 4.69) is 23.9 Å². The molecule has 4 nitrogen and oxygen atoms in total. The first-order chi connectivity index (χ1) is 6.22. The molecule has 0 saturated carbocycles. The van der Waals surface area contributed by atoms with Gasteiger partial charge in [-0.1, -0.05) is 25.6 Å². The topological polar surface area (TPSA) is 56.7 Å². The van der Waals surface area contributed by atoms with Gasteiger partial charge in [0.15, 0.2) is 0 Å². The molecule has 0 bridgehead atoms. The van der Waals surface area contributed by atoms with Crippen LogP contribution in [0.3, 0.4) is 0 Å². The van der Waals surface area contributed by atoms with E-state index >= 15 is 0 Å². The molecule has 0 radical (unpaired) electrons. The summed E-state index contributed by atoms with van der Waals surface area (Å²) in [6.45, 7) is 4.27. The van der Waals surface area contributed by atoms with Crippen molar-refractivity contribution < 1.29 is 0 Å². The number of anilines is 1. The summed E-state index contributed by atoms with van der Waals surface area (Å²) in [6, 6.07) is 0.383. The third-order valence-corrected chi connectivity index (χ3v) is 2.65. The predicted molar refractivity (Wildman–Crippen MR) is 55.8 cm³/mol. The Balaban J connectivity index is 2.91. The summed E-state index contributed by atoms with van der Waals surface area (Å²) in [4.78, 5) is 4.14. The summed E-state index contributed by atoms with van der Waals surface area (Å²) in [5, 5.41) is 5.07. The fraction of sp³-hybridized carbons (Fsp3) is 0.750. The monoisotopic (exact) mass is 200 g/mol. The van der Waals surface area contributed by atoms with E-state index in [0.717, 1.165) is 18.0 Å². The number of nitrogens with two attached hydrogens (primary N) is 1. The molecule has 1 aromatic rings. The van der Waals surface area contributed by atoms with Gasteiger partial charge in [-0.15, -0.1) is 5.10 Å². The highest BCUT2D eigenvalue weighted by Gasteiger charge is 2.12. The lowest BCUT2D eigenvalue weighted by molar-refractivity contribution is 0.428. The highest BCUT2D eigenvalue weighted by atomic mass is 32.2. The van der Waals surface area contributed by atoms with Crippen LogP contribution in [0, 0.1) is 0 Å². The summed E-state index contributed by atoms with van der Waals surface area (Å²) >= 11 is 1.52. The molecule has 0 aliphatic heterocycles. The molecule has 1 heterocycles. The molecule has 0 spiro atoms. The van der Waals surface area contributed by atoms with Crippen LogP contribution in [0.5, 0.6) is 0 Å². The molecule has 0 aliphatic carbocycles. The van der Waals surface area contributed by atoms with E-state index in [0.29, 0.717) is 12.0 Å². The van der Waals surface area contributed by atoms with E-state index in [-0.39, 0.29) is 0 Å². The van der Waals surface area contributed by atoms with Gasteiger partial charge >= 0.3 is 0 Å². The molecule has 2 N–H and O–H groups in total. The van der Waals surface area contributed by atoms with Crippen molar-refractivity contribution in [3.8, 4) is 0 Å². The Morgan fingerprint density at radius 2 is 2.08 bits per heavy atom. The molecule has 13 heavy (non-hydrogen) atoms. The third kappa shape index (κ3) is 2.15. The average Bonchev–Trinajstić information content (AvgIpc) is 2.50. The quantitative estimate of drug-likeness (QED) is 0.755. The second-order valence-electron chi connectivity index (χ2n) is 2.87. The summed E-state index contributed by atoms with van der Waals surface area (Å²) in [7, 11) is 0. The van der Waals surface area contributed by atoms with Gasteiger partial charge in [0, 0.05) is 0 Å². The van der Waals surface area contributed by atoms with Crippen LogP contribution in [0.1, 0.15) is 32.7 Å². The molecule has 0 saturated heterocycles. The second-order valence-corrected chi connectivity index (χ2v) is 3.64. The molecular weight excluding hydrogens is 184 g/mol. The van der Waals surface area contributed by atoms with Gasteiger partial charge in [-0.05, 0) is 19.1 Å². The van der Waals surface area contributed by atoms with Gasteiger partial charge in [0.1, 0.15) is 0 Å². The van der Waals surface area contributed by atoms with E-state index in [1.165, 1.54) is 11.8 Å². The number of hydrogen-bond donors (Lipinski definition) is 1. The number of thioether (sulfide) groups is 1. The van der Waals surface area contributed by atoms with E-state index in [4.69, 9.17) is 5.73 Å². The highest BCUT2D eigenvalue weighted by Crippen LogP contribution is 2.20. The molecular formula is C8H16N4S. The van der Waals surface area contributed by atoms with Gasteiger partial charge in [-0.2, -0.15) is 4.98 Å². The van der Waals surface area contributed by atoms with Crippen LogP contribution < -0.4 is 5.73 Å². The predicted octanol–water partition coefficient (Wildman–Crippen LogP) is 1.94. The molecule has 0 fully saturated rings. The third-order valence-electron chi connectivity index (χ3n) is 2.11. The highest BCUT2D eigenvalue weighted by molar-refractivity contribution is 7.98. The summed E-state index contributed by atoms with van der Waals surface area (Å²) in [6.07, 6.45) is 4.03. The first-order valence-corrected chi connectivity index (χ1v) is 5.71. The normalized spacial score (nSPS) is 11.1. The van der Waals surface area contributed by atoms with Crippen LogP contribution in [0.4, 0.5) is 5.95 Å². The summed E-state index contributed by atoms with van der Waals surface area (Å²) in [5.41, 5.74) is 5.74. The van der Waals surface area contributed by atoms with Crippen molar-refractivity contribution in [3.05, 3.63) is 0 Å². The fourth-order valence-electron chi connectivity index (χ4n) is 1.30. The van der Waals surface area contributed by atoms with Crippen molar-refractivity contribution in [2.24, 2.45) is 0 Å². The Morgan fingerprint density at radius 1 is 1.46 bits per heavy atom. The number of nitrogen functional groups attached to an aromatic ring is 1. The number of aromatic nitrogens is 3. The molecule has 0 atom stereocenters. The number of nitrogens with zero attached hydrogens (tertiary/aromatic N) is 3. The lowest BCUT2D eigenvalue weighted by atomic mass is 10.2. The standard InChI is InChI=1S/C8H16N4S/c1-4-6(5-2)12-7(9)10-8(11-12)13-3/h6H,4-5H2,1-3H3,(H2,9,10,11). The first kappa shape index (κ1) is 10.4. The molecule has 0 aromatic carbocycles. The Labute approximate surface area is 82.9 Å². The molecule has 1 rings (SSSR count). The van der Waals surface area contributed by atoms with Crippen LogP contribution in [-0.2, 0) is 0 Å². The lowest BCUT2D eigenvalue weighted by Gasteiger charge is -2.12. The number of hydrogen-bond acceptors (Lipinski definition) is 4. The zero-order chi connectivity index (χ0) is 9.84. The Morgan fingerprint density at radius 3 is 2.46 bits per heavy atom. The van der Waals surface area contributed by atoms with Crippen molar-refractivity contribution in [1.82, 2.24) is 14.8 Å². The van der Waals surface area contributed by atoms with Crippen LogP contribution in [0.25, 0.3) is 0 Å². The van der Waals surface area contributed by atoms with Crippen molar-refractivity contribution >= 4 is 17.7 Å². The van der Waals surface area contributed by atoms with Crippen LogP contribution in [0.2, 0.25) is 0 Å². The van der Waals surface area contributed by atoms with Crippen LogP contribution in [-0.4, -0.2) is 21.0 Å². The minimum atomic E-state index is 0.383. The Bertz CT molecular complexity index is 267. The van der Waals surface area contributed by atoms with Crippen molar-refractivity contribution in [1.29, 1.82) is 0 Å². The zero-order valence-electron chi connectivity index (χ0n) is 8.32. The maximum atomic E-state index is 5.74. The van der Waals surface area contributed by atoms with Gasteiger partial charge in [0.2, 0.25) is 11.1 Å². The second kappa shape index (κ2) is 4.50. The zero-order valence-corrected chi connectivity index (χ0v) is 9.14. The largest absolute Gasteiger partial charge is 0.368 e. The van der Waals surface area contributed by atoms with Crippen molar-refractivity contribution in [2.75, 3.05) is 12.0 Å². The van der Waals surface area contributed by atoms with Crippen molar-refractivity contribution in [3.63, 3.8) is 0 Å². The van der Waals surface area contributed by atoms with E-state index < -0.39 is 0 Å². The van der Waals surface area contributed by atoms with Gasteiger partial charge in [-0.25, -0.2) is 4.68 Å². The first-order valence-electron chi connectivity index (χ1n) is 4.48. The summed E-state index contributed by atoms with van der Waals surface area (Å²) < 4.78 is 1.83. The van der Waals surface area contributed by atoms with Gasteiger partial charge in [0.05, 0.1) is 6.04 Å². The maximum Gasteiger partial charge on any atom is 0.219 e. The van der Waals surface area contributed by atoms with Crippen LogP contribution in [0.15, 0.2) is 5.16 Å². The lowest BCUT2D eigenvalue weighted by Crippen LogP contribution is -2.11. The fourth-order valence-corrected chi connectivity index (χ4v) is 1.66. The van der Waals surface area contributed by atoms with Crippen LogP contribution >= 0.6 is 11.8 Å². The van der Waals surface area contributed by atoms with Gasteiger partial charge in [0.25, 0.3) is 0 Å². The molecule has 74 valence electrons. The SMILES string of the molecule is CCC(CC)n1nc(SC)nc1N. The molecule has 0 aliphatic rings. The van der Waals surface area contributed by atoms with E-state index in [1.54, 1.807) is 0 Å². The van der Waals surface area contributed by atoms with Crippen molar-refractivity contribution in [2.45, 2.75) is 37.9 Å². The Hall–Kier alpha value is -0.710. The van der Waals surface area contributed by atoms with E-state index in [9.17, 15) is 0 Å². The van der Waals surface area contributed by atoms with Gasteiger partial charge in [-0.3, -0.25) is 0 Å². The smallest absolute Gasteiger partial charge is 0.219 e. The molecule has 5 heteroatoms. The Kier molecular flexibility index (Phi) is 3.59. The maximum absolute atomic E-state index is 5.74. The molecule has 0 unspecified atom stereocenters. The molecule has 1 aromatic heterocycles. The minimum Gasteiger partial charge on any atom is -0.368 e. The van der Waals surface area contributed by atoms with E-state index in [1.807, 2.05) is 10.9 Å². The summed E-state index contributed by atoms with van der Waals surface area (Å²) in [5.74, 6) is 0.526. The van der Waals surface area contributed by atoms with Gasteiger partial charge < -0.3 is 5.73 Å². The minimum absolute atomic E-state index is 0.383. The number of rotatable bonds is 4. The molecule has 0 amide bonds. The average molecular weight is 200 g/mol.